The fraction of sp³-hybridized carbons (Fsp3) is 0.214. The van der Waals surface area contributed by atoms with Crippen LogP contribution >= 0.6 is 0 Å². The molecule has 0 spiro atoms. The molecule has 21 heavy (non-hydrogen) atoms. The van der Waals surface area contributed by atoms with Gasteiger partial charge in [-0.05, 0) is 43.3 Å². The van der Waals surface area contributed by atoms with E-state index in [1.54, 1.807) is 30.3 Å². The monoisotopic (exact) mass is 307 g/mol. The number of pyridine rings is 1. The van der Waals surface area contributed by atoms with E-state index in [4.69, 9.17) is 10.5 Å². The van der Waals surface area contributed by atoms with Crippen molar-refractivity contribution in [3.63, 3.8) is 0 Å². The molecule has 0 amide bonds. The van der Waals surface area contributed by atoms with Gasteiger partial charge in [0.05, 0.1) is 17.2 Å². The molecule has 0 unspecified atom stereocenters. The Bertz CT molecular complexity index is 700. The third-order valence-corrected chi connectivity index (χ3v) is 4.07. The number of rotatable bonds is 6. The van der Waals surface area contributed by atoms with E-state index >= 15 is 0 Å². The molecule has 0 aliphatic heterocycles. The lowest BCUT2D eigenvalue weighted by Gasteiger charge is -2.09. The Hall–Kier alpha value is -2.12. The molecule has 7 heteroatoms. The van der Waals surface area contributed by atoms with Crippen LogP contribution in [0.4, 0.5) is 5.82 Å². The minimum Gasteiger partial charge on any atom is -0.494 e. The number of benzene rings is 1. The molecule has 0 saturated carbocycles. The normalized spacial score (nSPS) is 11.1. The Morgan fingerprint density at radius 2 is 1.90 bits per heavy atom. The first-order chi connectivity index (χ1) is 10.0. The van der Waals surface area contributed by atoms with Crippen molar-refractivity contribution in [2.45, 2.75) is 18.4 Å². The minimum absolute atomic E-state index is 0.144. The molecular weight excluding hydrogens is 290 g/mol. The number of nitrogens with one attached hydrogen (secondary N) is 1. The summed E-state index contributed by atoms with van der Waals surface area (Å²) >= 11 is 0. The topological polar surface area (TPSA) is 94.3 Å². The predicted octanol–water partition coefficient (Wildman–Crippen LogP) is 1.74. The van der Waals surface area contributed by atoms with Crippen LogP contribution < -0.4 is 15.2 Å². The zero-order valence-corrected chi connectivity index (χ0v) is 12.4. The molecule has 112 valence electrons. The average Bonchev–Trinajstić information content (AvgIpc) is 2.48. The first-order valence-electron chi connectivity index (χ1n) is 6.47. The van der Waals surface area contributed by atoms with E-state index in [2.05, 4.69) is 9.71 Å². The smallest absolute Gasteiger partial charge is 0.263 e. The zero-order valence-electron chi connectivity index (χ0n) is 11.6. The maximum Gasteiger partial charge on any atom is 0.263 e. The van der Waals surface area contributed by atoms with Gasteiger partial charge in [0.25, 0.3) is 10.0 Å². The molecule has 2 rings (SSSR count). The Morgan fingerprint density at radius 3 is 2.52 bits per heavy atom. The van der Waals surface area contributed by atoms with Crippen molar-refractivity contribution in [1.82, 2.24) is 4.98 Å². The summed E-state index contributed by atoms with van der Waals surface area (Å²) in [7, 11) is -3.68. The van der Waals surface area contributed by atoms with E-state index in [-0.39, 0.29) is 17.3 Å². The maximum absolute atomic E-state index is 12.2. The molecule has 1 aromatic carbocycles. The van der Waals surface area contributed by atoms with Crippen LogP contribution in [0, 0.1) is 0 Å². The van der Waals surface area contributed by atoms with Gasteiger partial charge < -0.3 is 10.5 Å². The summed E-state index contributed by atoms with van der Waals surface area (Å²) in [4.78, 5) is 4.25. The Balaban J connectivity index is 2.21. The second-order valence-electron chi connectivity index (χ2n) is 4.23. The van der Waals surface area contributed by atoms with Crippen LogP contribution in [0.15, 0.2) is 47.4 Å². The van der Waals surface area contributed by atoms with Gasteiger partial charge in [0.15, 0.2) is 0 Å². The van der Waals surface area contributed by atoms with Gasteiger partial charge in [-0.15, -0.1) is 0 Å². The number of nitrogens with zero attached hydrogens (tertiary/aromatic N) is 1. The molecule has 1 aromatic heterocycles. The van der Waals surface area contributed by atoms with Crippen molar-refractivity contribution in [1.29, 1.82) is 0 Å². The van der Waals surface area contributed by atoms with Gasteiger partial charge >= 0.3 is 0 Å². The lowest BCUT2D eigenvalue weighted by molar-refractivity contribution is 0.340. The highest BCUT2D eigenvalue weighted by Crippen LogP contribution is 2.18. The third-order valence-electron chi connectivity index (χ3n) is 2.70. The van der Waals surface area contributed by atoms with E-state index in [9.17, 15) is 8.42 Å². The Morgan fingerprint density at radius 1 is 1.19 bits per heavy atom. The van der Waals surface area contributed by atoms with E-state index < -0.39 is 10.0 Å². The fourth-order valence-corrected chi connectivity index (χ4v) is 2.73. The Labute approximate surface area is 124 Å². The third kappa shape index (κ3) is 3.93. The molecule has 0 aliphatic rings. The van der Waals surface area contributed by atoms with E-state index in [0.717, 1.165) is 0 Å². The first kappa shape index (κ1) is 15.3. The van der Waals surface area contributed by atoms with Crippen LogP contribution in [0.3, 0.4) is 0 Å². The summed E-state index contributed by atoms with van der Waals surface area (Å²) in [5.74, 6) is 0.867. The average molecular weight is 307 g/mol. The molecule has 2 aromatic rings. The molecule has 6 nitrogen and oxygen atoms in total. The summed E-state index contributed by atoms with van der Waals surface area (Å²) in [5.41, 5.74) is 6.10. The predicted molar refractivity (Wildman–Crippen MR) is 80.5 cm³/mol. The number of hydrogen-bond donors (Lipinski definition) is 2. The van der Waals surface area contributed by atoms with Gasteiger partial charge in [-0.2, -0.15) is 0 Å². The standard InChI is InChI=1S/C14H17N3O3S/c1-2-20-12-6-8-13(9-7-12)21(18,19)17-14-5-3-4-11(10-15)16-14/h3-9H,2,10,15H2,1H3,(H,16,17). The fourth-order valence-electron chi connectivity index (χ4n) is 1.73. The molecule has 0 atom stereocenters. The van der Waals surface area contributed by atoms with Gasteiger partial charge in [0.1, 0.15) is 11.6 Å². The van der Waals surface area contributed by atoms with E-state index in [1.165, 1.54) is 12.1 Å². The van der Waals surface area contributed by atoms with Crippen molar-refractivity contribution in [3.8, 4) is 5.75 Å². The summed E-state index contributed by atoms with van der Waals surface area (Å²) in [6, 6.07) is 11.2. The number of anilines is 1. The van der Waals surface area contributed by atoms with E-state index in [0.29, 0.717) is 18.1 Å². The van der Waals surface area contributed by atoms with Crippen molar-refractivity contribution in [3.05, 3.63) is 48.2 Å². The number of aromatic nitrogens is 1. The van der Waals surface area contributed by atoms with E-state index in [1.807, 2.05) is 6.92 Å². The van der Waals surface area contributed by atoms with Gasteiger partial charge in [0, 0.05) is 6.54 Å². The largest absolute Gasteiger partial charge is 0.494 e. The number of ether oxygens (including phenoxy) is 1. The molecule has 3 N–H and O–H groups in total. The molecule has 0 bridgehead atoms. The summed E-state index contributed by atoms with van der Waals surface area (Å²) in [6.45, 7) is 2.64. The SMILES string of the molecule is CCOc1ccc(S(=O)(=O)Nc2cccc(CN)n2)cc1. The van der Waals surface area contributed by atoms with Crippen molar-refractivity contribution in [2.24, 2.45) is 5.73 Å². The molecular formula is C14H17N3O3S. The highest BCUT2D eigenvalue weighted by atomic mass is 32.2. The van der Waals surface area contributed by atoms with Crippen LogP contribution in [0.25, 0.3) is 0 Å². The number of sulfonamides is 1. The van der Waals surface area contributed by atoms with Crippen LogP contribution in [-0.4, -0.2) is 20.0 Å². The lowest BCUT2D eigenvalue weighted by atomic mass is 10.3. The van der Waals surface area contributed by atoms with Crippen molar-refractivity contribution < 1.29 is 13.2 Å². The van der Waals surface area contributed by atoms with Gasteiger partial charge in [-0.3, -0.25) is 4.72 Å². The van der Waals surface area contributed by atoms with Crippen LogP contribution in [-0.2, 0) is 16.6 Å². The second-order valence-corrected chi connectivity index (χ2v) is 5.91. The molecule has 0 saturated heterocycles. The van der Waals surface area contributed by atoms with Crippen molar-refractivity contribution in [2.75, 3.05) is 11.3 Å². The molecule has 0 fully saturated rings. The summed E-state index contributed by atoms with van der Waals surface area (Å²) in [6.07, 6.45) is 0. The number of nitrogens with two attached hydrogens (primary N) is 1. The number of hydrogen-bond acceptors (Lipinski definition) is 5. The van der Waals surface area contributed by atoms with Crippen LogP contribution in [0.1, 0.15) is 12.6 Å². The first-order valence-corrected chi connectivity index (χ1v) is 7.95. The lowest BCUT2D eigenvalue weighted by Crippen LogP contribution is -2.14. The quantitative estimate of drug-likeness (QED) is 0.847. The summed E-state index contributed by atoms with van der Waals surface area (Å²) < 4.78 is 32.2. The zero-order chi connectivity index (χ0) is 15.3. The van der Waals surface area contributed by atoms with Crippen LogP contribution in [0.2, 0.25) is 0 Å². The Kier molecular flexibility index (Phi) is 4.77. The van der Waals surface area contributed by atoms with Gasteiger partial charge in [-0.1, -0.05) is 6.07 Å². The highest BCUT2D eigenvalue weighted by molar-refractivity contribution is 7.92. The highest BCUT2D eigenvalue weighted by Gasteiger charge is 2.15. The molecule has 0 radical (unpaired) electrons. The molecule has 0 aliphatic carbocycles. The van der Waals surface area contributed by atoms with Crippen molar-refractivity contribution >= 4 is 15.8 Å². The minimum atomic E-state index is -3.68. The van der Waals surface area contributed by atoms with Gasteiger partial charge in [0.2, 0.25) is 0 Å². The van der Waals surface area contributed by atoms with Crippen LogP contribution in [0.5, 0.6) is 5.75 Å². The summed E-state index contributed by atoms with van der Waals surface area (Å²) in [5, 5.41) is 0. The maximum atomic E-state index is 12.2. The second kappa shape index (κ2) is 6.55. The van der Waals surface area contributed by atoms with Gasteiger partial charge in [-0.25, -0.2) is 13.4 Å². The molecule has 1 heterocycles.